The van der Waals surface area contributed by atoms with Gasteiger partial charge in [0.25, 0.3) is 0 Å². The quantitative estimate of drug-likeness (QED) is 0.653. The molecule has 0 aliphatic rings. The Morgan fingerprint density at radius 2 is 1.86 bits per heavy atom. The smallest absolute Gasteiger partial charge is 0.131 e. The van der Waals surface area contributed by atoms with Gasteiger partial charge in [0.1, 0.15) is 12.4 Å². The van der Waals surface area contributed by atoms with Crippen molar-refractivity contribution >= 4 is 31.9 Å². The Bertz CT molecular complexity index is 627. The molecule has 1 heterocycles. The van der Waals surface area contributed by atoms with Crippen molar-refractivity contribution in [3.8, 4) is 5.75 Å². The Balaban J connectivity index is 2.23. The maximum atomic E-state index is 6.07. The fourth-order valence-corrected chi connectivity index (χ4v) is 3.52. The van der Waals surface area contributed by atoms with E-state index in [0.29, 0.717) is 6.61 Å². The van der Waals surface area contributed by atoms with Crippen molar-refractivity contribution in [3.63, 3.8) is 0 Å². The summed E-state index contributed by atoms with van der Waals surface area (Å²) in [5.74, 6) is 0.964. The fourth-order valence-electron chi connectivity index (χ4n) is 2.46. The third-order valence-electron chi connectivity index (χ3n) is 3.53. The zero-order valence-corrected chi connectivity index (χ0v) is 16.0. The van der Waals surface area contributed by atoms with E-state index in [4.69, 9.17) is 4.74 Å². The average molecular weight is 416 g/mol. The summed E-state index contributed by atoms with van der Waals surface area (Å²) in [5, 5.41) is 5.36. The molecule has 0 saturated carbocycles. The lowest BCUT2D eigenvalue weighted by Crippen LogP contribution is -2.05. The third kappa shape index (κ3) is 3.51. The second kappa shape index (κ2) is 6.97. The molecular weight excluding hydrogens is 396 g/mol. The van der Waals surface area contributed by atoms with Crippen molar-refractivity contribution in [2.24, 2.45) is 7.05 Å². The van der Waals surface area contributed by atoms with Crippen molar-refractivity contribution < 1.29 is 4.74 Å². The summed E-state index contributed by atoms with van der Waals surface area (Å²) in [5.41, 5.74) is 5.73. The van der Waals surface area contributed by atoms with Crippen LogP contribution in [0.4, 0.5) is 0 Å². The molecule has 0 amide bonds. The summed E-state index contributed by atoms with van der Waals surface area (Å²) in [7, 11) is 1.95. The number of ether oxygens (including phenoxy) is 1. The zero-order chi connectivity index (χ0) is 15.6. The van der Waals surface area contributed by atoms with Gasteiger partial charge in [-0.25, -0.2) is 0 Å². The SMILES string of the molecule is CCc1nn(C)c(COc2c(C)cc(CBr)cc2C)c1Br. The molecule has 0 N–H and O–H groups in total. The number of halogens is 2. The molecule has 0 aliphatic carbocycles. The first kappa shape index (κ1) is 16.6. The normalized spacial score (nSPS) is 11.0. The van der Waals surface area contributed by atoms with Gasteiger partial charge < -0.3 is 4.74 Å². The number of rotatable bonds is 5. The minimum Gasteiger partial charge on any atom is -0.487 e. The number of aromatic nitrogens is 2. The summed E-state index contributed by atoms with van der Waals surface area (Å²) in [6, 6.07) is 4.32. The topological polar surface area (TPSA) is 27.1 Å². The van der Waals surface area contributed by atoms with E-state index in [1.807, 2.05) is 11.7 Å². The lowest BCUT2D eigenvalue weighted by atomic mass is 10.1. The van der Waals surface area contributed by atoms with Crippen LogP contribution in [0.2, 0.25) is 0 Å². The predicted octanol–water partition coefficient (Wildman–Crippen LogP) is 4.84. The molecule has 0 saturated heterocycles. The molecular formula is C16H20Br2N2O. The average Bonchev–Trinajstić information content (AvgIpc) is 2.72. The molecule has 1 aromatic carbocycles. The molecule has 0 radical (unpaired) electrons. The largest absolute Gasteiger partial charge is 0.487 e. The van der Waals surface area contributed by atoms with Crippen LogP contribution >= 0.6 is 31.9 Å². The molecule has 0 fully saturated rings. The van der Waals surface area contributed by atoms with Crippen LogP contribution in [0.1, 0.15) is 35.0 Å². The number of nitrogens with zero attached hydrogens (tertiary/aromatic N) is 2. The first-order valence-electron chi connectivity index (χ1n) is 6.97. The molecule has 114 valence electrons. The highest BCUT2D eigenvalue weighted by atomic mass is 79.9. The highest BCUT2D eigenvalue weighted by Crippen LogP contribution is 2.28. The highest BCUT2D eigenvalue weighted by molar-refractivity contribution is 9.10. The van der Waals surface area contributed by atoms with Crippen molar-refractivity contribution in [3.05, 3.63) is 44.7 Å². The summed E-state index contributed by atoms with van der Waals surface area (Å²) >= 11 is 7.12. The van der Waals surface area contributed by atoms with Gasteiger partial charge in [-0.1, -0.05) is 35.0 Å². The number of benzene rings is 1. The monoisotopic (exact) mass is 414 g/mol. The molecule has 2 aromatic rings. The van der Waals surface area contributed by atoms with Crippen LogP contribution in [0, 0.1) is 13.8 Å². The molecule has 0 spiro atoms. The minimum absolute atomic E-state index is 0.513. The molecule has 2 rings (SSSR count). The van der Waals surface area contributed by atoms with Crippen LogP contribution in [0.15, 0.2) is 16.6 Å². The van der Waals surface area contributed by atoms with Gasteiger partial charge in [-0.15, -0.1) is 0 Å². The van der Waals surface area contributed by atoms with Crippen molar-refractivity contribution in [2.45, 2.75) is 39.1 Å². The van der Waals surface area contributed by atoms with Crippen LogP contribution in [0.25, 0.3) is 0 Å². The lowest BCUT2D eigenvalue weighted by molar-refractivity contribution is 0.290. The summed E-state index contributed by atoms with van der Waals surface area (Å²) in [6.07, 6.45) is 0.909. The van der Waals surface area contributed by atoms with Crippen LogP contribution in [0.3, 0.4) is 0 Å². The molecule has 0 aliphatic heterocycles. The van der Waals surface area contributed by atoms with Gasteiger partial charge in [-0.3, -0.25) is 4.68 Å². The van der Waals surface area contributed by atoms with Gasteiger partial charge in [-0.2, -0.15) is 5.10 Å². The van der Waals surface area contributed by atoms with Crippen LogP contribution < -0.4 is 4.74 Å². The highest BCUT2D eigenvalue weighted by Gasteiger charge is 2.14. The van der Waals surface area contributed by atoms with Crippen LogP contribution in [-0.4, -0.2) is 9.78 Å². The summed E-state index contributed by atoms with van der Waals surface area (Å²) in [6.45, 7) is 6.79. The van der Waals surface area contributed by atoms with Crippen molar-refractivity contribution in [1.29, 1.82) is 0 Å². The summed E-state index contributed by atoms with van der Waals surface area (Å²) in [4.78, 5) is 0. The van der Waals surface area contributed by atoms with Gasteiger partial charge in [0.15, 0.2) is 0 Å². The van der Waals surface area contributed by atoms with Gasteiger partial charge >= 0.3 is 0 Å². The second-order valence-corrected chi connectivity index (χ2v) is 6.52. The molecule has 21 heavy (non-hydrogen) atoms. The van der Waals surface area contributed by atoms with Gasteiger partial charge in [-0.05, 0) is 52.9 Å². The van der Waals surface area contributed by atoms with E-state index in [0.717, 1.165) is 33.4 Å². The van der Waals surface area contributed by atoms with E-state index in [1.165, 1.54) is 16.7 Å². The van der Waals surface area contributed by atoms with E-state index >= 15 is 0 Å². The second-order valence-electron chi connectivity index (χ2n) is 5.17. The maximum Gasteiger partial charge on any atom is 0.131 e. The molecule has 0 unspecified atom stereocenters. The Hall–Kier alpha value is -0.810. The first-order chi connectivity index (χ1) is 9.97. The number of hydrogen-bond acceptors (Lipinski definition) is 2. The van der Waals surface area contributed by atoms with Crippen LogP contribution in [0.5, 0.6) is 5.75 Å². The molecule has 1 aromatic heterocycles. The fraction of sp³-hybridized carbons (Fsp3) is 0.438. The number of aryl methyl sites for hydroxylation is 4. The molecule has 3 nitrogen and oxygen atoms in total. The Morgan fingerprint density at radius 3 is 2.33 bits per heavy atom. The predicted molar refractivity (Wildman–Crippen MR) is 93.2 cm³/mol. The maximum absolute atomic E-state index is 6.07. The lowest BCUT2D eigenvalue weighted by Gasteiger charge is -2.14. The molecule has 0 bridgehead atoms. The van der Waals surface area contributed by atoms with E-state index in [-0.39, 0.29) is 0 Å². The molecule has 5 heteroatoms. The Labute approximate surface area is 142 Å². The van der Waals surface area contributed by atoms with Gasteiger partial charge in [0, 0.05) is 12.4 Å². The summed E-state index contributed by atoms with van der Waals surface area (Å²) < 4.78 is 9.01. The first-order valence-corrected chi connectivity index (χ1v) is 8.88. The van der Waals surface area contributed by atoms with E-state index in [2.05, 4.69) is 69.9 Å². The van der Waals surface area contributed by atoms with E-state index < -0.39 is 0 Å². The van der Waals surface area contributed by atoms with Crippen molar-refractivity contribution in [2.75, 3.05) is 0 Å². The van der Waals surface area contributed by atoms with Crippen molar-refractivity contribution in [1.82, 2.24) is 9.78 Å². The van der Waals surface area contributed by atoms with Crippen LogP contribution in [-0.2, 0) is 25.4 Å². The Morgan fingerprint density at radius 1 is 1.24 bits per heavy atom. The zero-order valence-electron chi connectivity index (χ0n) is 12.8. The van der Waals surface area contributed by atoms with E-state index in [1.54, 1.807) is 0 Å². The number of alkyl halides is 1. The minimum atomic E-state index is 0.513. The molecule has 0 atom stereocenters. The van der Waals surface area contributed by atoms with E-state index in [9.17, 15) is 0 Å². The van der Waals surface area contributed by atoms with Gasteiger partial charge in [0.2, 0.25) is 0 Å². The van der Waals surface area contributed by atoms with Gasteiger partial charge in [0.05, 0.1) is 15.9 Å². The third-order valence-corrected chi connectivity index (χ3v) is 5.09. The standard InChI is InChI=1S/C16H20Br2N2O/c1-5-13-15(18)14(20(4)19-13)9-21-16-10(2)6-12(8-17)7-11(16)3/h6-7H,5,8-9H2,1-4H3. The Kier molecular flexibility index (Phi) is 5.49. The number of hydrogen-bond donors (Lipinski definition) is 0.